The Balaban J connectivity index is 1.87. The maximum Gasteiger partial charge on any atom is 0.125 e. The van der Waals surface area contributed by atoms with Crippen LogP contribution in [0.3, 0.4) is 0 Å². The Labute approximate surface area is 105 Å². The van der Waals surface area contributed by atoms with Gasteiger partial charge in [-0.1, -0.05) is 5.21 Å². The van der Waals surface area contributed by atoms with Gasteiger partial charge in [0, 0.05) is 12.6 Å². The molecular formula is C13H15FN4. The van der Waals surface area contributed by atoms with Gasteiger partial charge in [-0.15, -0.1) is 5.10 Å². The Morgan fingerprint density at radius 2 is 2.22 bits per heavy atom. The molecule has 3 rings (SSSR count). The first kappa shape index (κ1) is 11.3. The SMILES string of the molecule is Cc1cc(F)cc(-n2nncc2CNC2CC2)c1. The Morgan fingerprint density at radius 3 is 2.94 bits per heavy atom. The zero-order valence-corrected chi connectivity index (χ0v) is 10.2. The van der Waals surface area contributed by atoms with Crippen LogP contribution in [0.1, 0.15) is 24.1 Å². The molecule has 94 valence electrons. The summed E-state index contributed by atoms with van der Waals surface area (Å²) in [5, 5.41) is 11.3. The van der Waals surface area contributed by atoms with Gasteiger partial charge in [0.2, 0.25) is 0 Å². The zero-order chi connectivity index (χ0) is 12.5. The van der Waals surface area contributed by atoms with Crippen molar-refractivity contribution in [3.05, 3.63) is 41.5 Å². The van der Waals surface area contributed by atoms with Gasteiger partial charge in [0.1, 0.15) is 5.82 Å². The molecule has 1 saturated carbocycles. The molecule has 1 N–H and O–H groups in total. The molecule has 0 unspecified atom stereocenters. The minimum Gasteiger partial charge on any atom is -0.308 e. The molecule has 0 saturated heterocycles. The van der Waals surface area contributed by atoms with Crippen molar-refractivity contribution in [1.82, 2.24) is 20.3 Å². The summed E-state index contributed by atoms with van der Waals surface area (Å²) in [6.07, 6.45) is 4.19. The standard InChI is InChI=1S/C13H15FN4/c1-9-4-10(14)6-12(5-9)18-13(8-16-17-18)7-15-11-2-3-11/h4-6,8,11,15H,2-3,7H2,1H3. The van der Waals surface area contributed by atoms with Gasteiger partial charge in [0.25, 0.3) is 0 Å². The lowest BCUT2D eigenvalue weighted by atomic mass is 10.2. The smallest absolute Gasteiger partial charge is 0.125 e. The summed E-state index contributed by atoms with van der Waals surface area (Å²) < 4.78 is 15.1. The summed E-state index contributed by atoms with van der Waals surface area (Å²) in [4.78, 5) is 0. The molecule has 1 aromatic carbocycles. The van der Waals surface area contributed by atoms with Crippen LogP contribution in [0.2, 0.25) is 0 Å². The third-order valence-corrected chi connectivity index (χ3v) is 3.04. The van der Waals surface area contributed by atoms with Gasteiger partial charge in [-0.25, -0.2) is 9.07 Å². The van der Waals surface area contributed by atoms with Crippen LogP contribution in [-0.2, 0) is 6.54 Å². The van der Waals surface area contributed by atoms with Crippen LogP contribution in [0.15, 0.2) is 24.4 Å². The first-order chi connectivity index (χ1) is 8.72. The Bertz CT molecular complexity index is 540. The summed E-state index contributed by atoms with van der Waals surface area (Å²) in [7, 11) is 0. The fourth-order valence-corrected chi connectivity index (χ4v) is 1.97. The number of aromatic nitrogens is 3. The number of rotatable bonds is 4. The van der Waals surface area contributed by atoms with Gasteiger partial charge >= 0.3 is 0 Å². The summed E-state index contributed by atoms with van der Waals surface area (Å²) in [6.45, 7) is 2.58. The molecule has 5 heteroatoms. The van der Waals surface area contributed by atoms with E-state index in [1.165, 1.54) is 25.0 Å². The molecule has 0 bridgehead atoms. The maximum atomic E-state index is 13.4. The minimum atomic E-state index is -0.249. The van der Waals surface area contributed by atoms with Gasteiger partial charge in [-0.2, -0.15) is 0 Å². The molecule has 4 nitrogen and oxygen atoms in total. The van der Waals surface area contributed by atoms with Gasteiger partial charge in [-0.05, 0) is 43.5 Å². The maximum absolute atomic E-state index is 13.4. The first-order valence-electron chi connectivity index (χ1n) is 6.13. The summed E-state index contributed by atoms with van der Waals surface area (Å²) in [6, 6.07) is 5.51. The van der Waals surface area contributed by atoms with Crippen LogP contribution in [-0.4, -0.2) is 21.0 Å². The number of benzene rings is 1. The Kier molecular flexibility index (Phi) is 2.83. The fraction of sp³-hybridized carbons (Fsp3) is 0.385. The number of nitrogens with zero attached hydrogens (tertiary/aromatic N) is 3. The summed E-state index contributed by atoms with van der Waals surface area (Å²) in [5.41, 5.74) is 2.55. The van der Waals surface area contributed by atoms with E-state index < -0.39 is 0 Å². The zero-order valence-electron chi connectivity index (χ0n) is 10.2. The van der Waals surface area contributed by atoms with Crippen LogP contribution in [0.4, 0.5) is 4.39 Å². The highest BCUT2D eigenvalue weighted by molar-refractivity contribution is 5.36. The predicted octanol–water partition coefficient (Wildman–Crippen LogP) is 1.97. The van der Waals surface area contributed by atoms with Crippen molar-refractivity contribution in [3.8, 4) is 5.69 Å². The molecule has 1 aromatic heterocycles. The molecule has 0 radical (unpaired) electrons. The Morgan fingerprint density at radius 1 is 1.39 bits per heavy atom. The van der Waals surface area contributed by atoms with E-state index in [9.17, 15) is 4.39 Å². The van der Waals surface area contributed by atoms with Crippen LogP contribution in [0.5, 0.6) is 0 Å². The molecule has 0 spiro atoms. The van der Waals surface area contributed by atoms with Crippen molar-refractivity contribution in [2.75, 3.05) is 0 Å². The number of nitrogens with one attached hydrogen (secondary N) is 1. The second kappa shape index (κ2) is 4.49. The second-order valence-electron chi connectivity index (χ2n) is 4.78. The fourth-order valence-electron chi connectivity index (χ4n) is 1.97. The van der Waals surface area contributed by atoms with E-state index in [0.717, 1.165) is 16.9 Å². The van der Waals surface area contributed by atoms with Crippen LogP contribution in [0.25, 0.3) is 5.69 Å². The summed E-state index contributed by atoms with van der Waals surface area (Å²) >= 11 is 0. The lowest BCUT2D eigenvalue weighted by Crippen LogP contribution is -2.18. The highest BCUT2D eigenvalue weighted by atomic mass is 19.1. The van der Waals surface area contributed by atoms with E-state index in [1.54, 1.807) is 10.9 Å². The first-order valence-corrected chi connectivity index (χ1v) is 6.13. The normalized spacial score (nSPS) is 15.0. The lowest BCUT2D eigenvalue weighted by Gasteiger charge is -2.08. The molecule has 1 heterocycles. The monoisotopic (exact) mass is 246 g/mol. The number of halogens is 1. The topological polar surface area (TPSA) is 42.7 Å². The quantitative estimate of drug-likeness (QED) is 0.896. The number of hydrogen-bond donors (Lipinski definition) is 1. The molecule has 18 heavy (non-hydrogen) atoms. The molecule has 1 aliphatic rings. The second-order valence-corrected chi connectivity index (χ2v) is 4.78. The van der Waals surface area contributed by atoms with Gasteiger partial charge in [0.15, 0.2) is 0 Å². The number of aryl methyl sites for hydroxylation is 1. The van der Waals surface area contributed by atoms with Crippen molar-refractivity contribution in [3.63, 3.8) is 0 Å². The number of hydrogen-bond acceptors (Lipinski definition) is 3. The lowest BCUT2D eigenvalue weighted by molar-refractivity contribution is 0.618. The molecule has 2 aromatic rings. The van der Waals surface area contributed by atoms with Crippen molar-refractivity contribution in [1.29, 1.82) is 0 Å². The van der Waals surface area contributed by atoms with E-state index in [2.05, 4.69) is 15.6 Å². The van der Waals surface area contributed by atoms with Gasteiger partial charge in [0.05, 0.1) is 17.6 Å². The largest absolute Gasteiger partial charge is 0.308 e. The molecule has 0 amide bonds. The van der Waals surface area contributed by atoms with Gasteiger partial charge in [-0.3, -0.25) is 0 Å². The van der Waals surface area contributed by atoms with Crippen molar-refractivity contribution >= 4 is 0 Å². The highest BCUT2D eigenvalue weighted by Gasteiger charge is 2.21. The van der Waals surface area contributed by atoms with Crippen LogP contribution < -0.4 is 5.32 Å². The van der Waals surface area contributed by atoms with Gasteiger partial charge < -0.3 is 5.32 Å². The molecule has 0 aliphatic heterocycles. The van der Waals surface area contributed by atoms with Crippen LogP contribution >= 0.6 is 0 Å². The average Bonchev–Trinajstić information content (AvgIpc) is 3.02. The molecule has 0 atom stereocenters. The summed E-state index contributed by atoms with van der Waals surface area (Å²) in [5.74, 6) is -0.249. The highest BCUT2D eigenvalue weighted by Crippen LogP contribution is 2.20. The molecular weight excluding hydrogens is 231 g/mol. The van der Waals surface area contributed by atoms with E-state index in [1.807, 2.05) is 13.0 Å². The Hall–Kier alpha value is -1.75. The average molecular weight is 246 g/mol. The van der Waals surface area contributed by atoms with E-state index in [0.29, 0.717) is 12.6 Å². The molecule has 1 aliphatic carbocycles. The third-order valence-electron chi connectivity index (χ3n) is 3.04. The van der Waals surface area contributed by atoms with Crippen molar-refractivity contribution in [2.24, 2.45) is 0 Å². The molecule has 1 fully saturated rings. The van der Waals surface area contributed by atoms with E-state index in [4.69, 9.17) is 0 Å². The van der Waals surface area contributed by atoms with Crippen LogP contribution in [0, 0.1) is 12.7 Å². The van der Waals surface area contributed by atoms with Crippen molar-refractivity contribution < 1.29 is 4.39 Å². The van der Waals surface area contributed by atoms with E-state index in [-0.39, 0.29) is 5.82 Å². The van der Waals surface area contributed by atoms with E-state index >= 15 is 0 Å². The van der Waals surface area contributed by atoms with Crippen molar-refractivity contribution in [2.45, 2.75) is 32.4 Å². The minimum absolute atomic E-state index is 0.249. The predicted molar refractivity (Wildman–Crippen MR) is 65.9 cm³/mol. The third kappa shape index (κ3) is 2.41.